The zero-order valence-corrected chi connectivity index (χ0v) is 9.99. The summed E-state index contributed by atoms with van der Waals surface area (Å²) in [6.45, 7) is 1.60. The second-order valence-electron chi connectivity index (χ2n) is 3.94. The van der Waals surface area contributed by atoms with Crippen molar-refractivity contribution in [3.8, 4) is 0 Å². The Bertz CT molecular complexity index is 397. The van der Waals surface area contributed by atoms with Crippen LogP contribution in [0.4, 0.5) is 0 Å². The average molecular weight is 233 g/mol. The van der Waals surface area contributed by atoms with E-state index in [2.05, 4.69) is 24.8 Å². The van der Waals surface area contributed by atoms with Crippen LogP contribution in [0.1, 0.15) is 12.0 Å². The summed E-state index contributed by atoms with van der Waals surface area (Å²) in [4.78, 5) is 14.8. The first kappa shape index (κ1) is 11.3. The van der Waals surface area contributed by atoms with E-state index in [1.165, 1.54) is 0 Å². The Kier molecular flexibility index (Phi) is 3.67. The van der Waals surface area contributed by atoms with E-state index in [0.29, 0.717) is 6.42 Å². The first-order chi connectivity index (χ1) is 7.75. The number of thiol groups is 1. The quantitative estimate of drug-likeness (QED) is 0.614. The number of carbonyl (C=O) groups is 1. The van der Waals surface area contributed by atoms with Gasteiger partial charge in [0.1, 0.15) is 0 Å². The molecule has 0 fully saturated rings. The fourth-order valence-corrected chi connectivity index (χ4v) is 1.92. The molecule has 0 spiro atoms. The van der Waals surface area contributed by atoms with E-state index < -0.39 is 0 Å². The van der Waals surface area contributed by atoms with Crippen LogP contribution in [0.25, 0.3) is 0 Å². The number of amides is 1. The highest BCUT2D eigenvalue weighted by Crippen LogP contribution is 2.10. The maximum absolute atomic E-state index is 11.9. The lowest BCUT2D eigenvalue weighted by Gasteiger charge is -2.23. The Morgan fingerprint density at radius 3 is 2.62 bits per heavy atom. The SMILES string of the molecule is O=C(Cc1ccc(S)cc1)N1CC=CCC1. The van der Waals surface area contributed by atoms with E-state index in [1.807, 2.05) is 29.2 Å². The maximum Gasteiger partial charge on any atom is 0.227 e. The third-order valence-electron chi connectivity index (χ3n) is 2.70. The number of carbonyl (C=O) groups excluding carboxylic acids is 1. The molecule has 16 heavy (non-hydrogen) atoms. The van der Waals surface area contributed by atoms with Gasteiger partial charge in [-0.3, -0.25) is 4.79 Å². The van der Waals surface area contributed by atoms with Crippen LogP contribution in [-0.2, 0) is 11.2 Å². The number of benzene rings is 1. The normalized spacial score (nSPS) is 15.2. The standard InChI is InChI=1S/C13H15NOS/c15-13(14-8-2-1-3-9-14)10-11-4-6-12(16)7-5-11/h1-2,4-7,16H,3,8-10H2. The fraction of sp³-hybridized carbons (Fsp3) is 0.308. The van der Waals surface area contributed by atoms with Gasteiger partial charge in [-0.15, -0.1) is 12.6 Å². The van der Waals surface area contributed by atoms with E-state index in [4.69, 9.17) is 0 Å². The minimum Gasteiger partial charge on any atom is -0.338 e. The molecule has 1 aromatic rings. The highest BCUT2D eigenvalue weighted by Gasteiger charge is 2.13. The average Bonchev–Trinajstić information content (AvgIpc) is 2.33. The van der Waals surface area contributed by atoms with Gasteiger partial charge < -0.3 is 4.90 Å². The van der Waals surface area contributed by atoms with Gasteiger partial charge in [0, 0.05) is 18.0 Å². The molecule has 0 bridgehead atoms. The summed E-state index contributed by atoms with van der Waals surface area (Å²) < 4.78 is 0. The van der Waals surface area contributed by atoms with Crippen LogP contribution in [0.15, 0.2) is 41.3 Å². The molecule has 2 rings (SSSR count). The van der Waals surface area contributed by atoms with Gasteiger partial charge in [-0.05, 0) is 24.1 Å². The van der Waals surface area contributed by atoms with Crippen LogP contribution in [-0.4, -0.2) is 23.9 Å². The van der Waals surface area contributed by atoms with Crippen LogP contribution in [0.5, 0.6) is 0 Å². The molecule has 0 unspecified atom stereocenters. The minimum absolute atomic E-state index is 0.205. The molecular formula is C13H15NOS. The lowest BCUT2D eigenvalue weighted by Crippen LogP contribution is -2.34. The predicted octanol–water partition coefficient (Wildman–Crippen LogP) is 2.31. The molecule has 0 atom stereocenters. The second kappa shape index (κ2) is 5.21. The summed E-state index contributed by atoms with van der Waals surface area (Å²) in [7, 11) is 0. The van der Waals surface area contributed by atoms with Gasteiger partial charge in [0.15, 0.2) is 0 Å². The molecule has 1 aliphatic rings. The van der Waals surface area contributed by atoms with Crippen molar-refractivity contribution in [1.29, 1.82) is 0 Å². The maximum atomic E-state index is 11.9. The second-order valence-corrected chi connectivity index (χ2v) is 4.46. The predicted molar refractivity (Wildman–Crippen MR) is 67.7 cm³/mol. The first-order valence-corrected chi connectivity index (χ1v) is 5.91. The van der Waals surface area contributed by atoms with Crippen molar-refractivity contribution in [1.82, 2.24) is 4.90 Å². The topological polar surface area (TPSA) is 20.3 Å². The summed E-state index contributed by atoms with van der Waals surface area (Å²) in [5, 5.41) is 0. The monoisotopic (exact) mass is 233 g/mol. The summed E-state index contributed by atoms with van der Waals surface area (Å²) in [5.41, 5.74) is 1.05. The van der Waals surface area contributed by atoms with Crippen molar-refractivity contribution in [2.75, 3.05) is 13.1 Å². The third-order valence-corrected chi connectivity index (χ3v) is 3.00. The summed E-state index contributed by atoms with van der Waals surface area (Å²) >= 11 is 4.22. The summed E-state index contributed by atoms with van der Waals surface area (Å²) in [6, 6.07) is 7.75. The van der Waals surface area contributed by atoms with Crippen LogP contribution < -0.4 is 0 Å². The number of hydrogen-bond acceptors (Lipinski definition) is 2. The Morgan fingerprint density at radius 1 is 1.25 bits per heavy atom. The molecule has 1 amide bonds. The van der Waals surface area contributed by atoms with E-state index in [1.54, 1.807) is 0 Å². The Morgan fingerprint density at radius 2 is 2.00 bits per heavy atom. The fourth-order valence-electron chi connectivity index (χ4n) is 1.77. The molecule has 1 aromatic carbocycles. The van der Waals surface area contributed by atoms with E-state index in [0.717, 1.165) is 30.0 Å². The molecule has 3 heteroatoms. The number of nitrogens with zero attached hydrogens (tertiary/aromatic N) is 1. The van der Waals surface area contributed by atoms with Crippen molar-refractivity contribution < 1.29 is 4.79 Å². The van der Waals surface area contributed by atoms with E-state index in [9.17, 15) is 4.79 Å². The largest absolute Gasteiger partial charge is 0.338 e. The molecular weight excluding hydrogens is 218 g/mol. The van der Waals surface area contributed by atoms with Crippen molar-refractivity contribution >= 4 is 18.5 Å². The van der Waals surface area contributed by atoms with E-state index >= 15 is 0 Å². The van der Waals surface area contributed by atoms with Gasteiger partial charge >= 0.3 is 0 Å². The van der Waals surface area contributed by atoms with Crippen LogP contribution in [0.3, 0.4) is 0 Å². The Balaban J connectivity index is 1.96. The number of hydrogen-bond donors (Lipinski definition) is 1. The minimum atomic E-state index is 0.205. The zero-order chi connectivity index (χ0) is 11.4. The van der Waals surface area contributed by atoms with Crippen LogP contribution in [0.2, 0.25) is 0 Å². The van der Waals surface area contributed by atoms with Crippen LogP contribution in [0, 0.1) is 0 Å². The molecule has 0 radical (unpaired) electrons. The van der Waals surface area contributed by atoms with Gasteiger partial charge in [-0.2, -0.15) is 0 Å². The molecule has 0 saturated carbocycles. The Labute approximate surface area is 101 Å². The van der Waals surface area contributed by atoms with Gasteiger partial charge in [-0.25, -0.2) is 0 Å². The summed E-state index contributed by atoms with van der Waals surface area (Å²) in [5.74, 6) is 0.205. The van der Waals surface area contributed by atoms with Crippen molar-refractivity contribution in [3.63, 3.8) is 0 Å². The molecule has 84 valence electrons. The molecule has 0 aromatic heterocycles. The first-order valence-electron chi connectivity index (χ1n) is 5.46. The molecule has 0 aliphatic carbocycles. The summed E-state index contributed by atoms with van der Waals surface area (Å²) in [6.07, 6.45) is 5.64. The molecule has 1 aliphatic heterocycles. The lowest BCUT2D eigenvalue weighted by molar-refractivity contribution is -0.130. The van der Waals surface area contributed by atoms with Crippen molar-refractivity contribution in [2.45, 2.75) is 17.7 Å². The van der Waals surface area contributed by atoms with E-state index in [-0.39, 0.29) is 5.91 Å². The van der Waals surface area contributed by atoms with Gasteiger partial charge in [-0.1, -0.05) is 24.3 Å². The van der Waals surface area contributed by atoms with Gasteiger partial charge in [0.25, 0.3) is 0 Å². The molecule has 0 saturated heterocycles. The van der Waals surface area contributed by atoms with Crippen LogP contribution >= 0.6 is 12.6 Å². The van der Waals surface area contributed by atoms with Crippen molar-refractivity contribution in [3.05, 3.63) is 42.0 Å². The zero-order valence-electron chi connectivity index (χ0n) is 9.10. The molecule has 1 heterocycles. The Hall–Kier alpha value is -1.22. The molecule has 2 nitrogen and oxygen atoms in total. The third kappa shape index (κ3) is 2.89. The molecule has 0 N–H and O–H groups in total. The van der Waals surface area contributed by atoms with Crippen molar-refractivity contribution in [2.24, 2.45) is 0 Å². The van der Waals surface area contributed by atoms with Gasteiger partial charge in [0.05, 0.1) is 6.42 Å². The highest BCUT2D eigenvalue weighted by atomic mass is 32.1. The lowest BCUT2D eigenvalue weighted by atomic mass is 10.1. The number of rotatable bonds is 2. The van der Waals surface area contributed by atoms with Gasteiger partial charge in [0.2, 0.25) is 5.91 Å². The highest BCUT2D eigenvalue weighted by molar-refractivity contribution is 7.80. The smallest absolute Gasteiger partial charge is 0.227 e.